The summed E-state index contributed by atoms with van der Waals surface area (Å²) in [6.07, 6.45) is 3.09. The molecule has 0 spiro atoms. The molecule has 6 nitrogen and oxygen atoms in total. The van der Waals surface area contributed by atoms with E-state index in [9.17, 15) is 13.2 Å². The molecular weight excluding hydrogens is 388 g/mol. The fourth-order valence-electron chi connectivity index (χ4n) is 4.67. The predicted octanol–water partition coefficient (Wildman–Crippen LogP) is 3.32. The molecule has 0 aliphatic carbocycles. The SMILES string of the molecule is O=C[C@@H]1CCCON2CCc3c(n(S(=O)(=O)c4ccccc4)c4ccccc34)[C@H]12. The van der Waals surface area contributed by atoms with Gasteiger partial charge in [0.1, 0.15) is 6.29 Å². The van der Waals surface area contributed by atoms with E-state index in [2.05, 4.69) is 0 Å². The number of para-hydroxylation sites is 1. The number of hydroxylamine groups is 2. The zero-order valence-corrected chi connectivity index (χ0v) is 16.7. The minimum atomic E-state index is -3.84. The van der Waals surface area contributed by atoms with Crippen LogP contribution in [0, 0.1) is 5.92 Å². The van der Waals surface area contributed by atoms with Crippen molar-refractivity contribution in [3.8, 4) is 0 Å². The highest BCUT2D eigenvalue weighted by molar-refractivity contribution is 7.90. The van der Waals surface area contributed by atoms with Crippen molar-refractivity contribution in [3.63, 3.8) is 0 Å². The molecule has 1 fully saturated rings. The minimum Gasteiger partial charge on any atom is -0.303 e. The highest BCUT2D eigenvalue weighted by Crippen LogP contribution is 2.44. The summed E-state index contributed by atoms with van der Waals surface area (Å²) in [4.78, 5) is 18.1. The van der Waals surface area contributed by atoms with Crippen LogP contribution >= 0.6 is 0 Å². The molecule has 3 aromatic rings. The maximum absolute atomic E-state index is 13.8. The average molecular weight is 410 g/mol. The molecule has 0 radical (unpaired) electrons. The second-order valence-corrected chi connectivity index (χ2v) is 9.36. The van der Waals surface area contributed by atoms with E-state index in [1.54, 1.807) is 30.3 Å². The molecule has 2 aliphatic heterocycles. The monoisotopic (exact) mass is 410 g/mol. The number of carbonyl (C=O) groups excluding carboxylic acids is 1. The highest BCUT2D eigenvalue weighted by atomic mass is 32.2. The van der Waals surface area contributed by atoms with Gasteiger partial charge in [0.05, 0.1) is 28.8 Å². The number of hydrogen-bond donors (Lipinski definition) is 0. The molecule has 2 aliphatic rings. The van der Waals surface area contributed by atoms with Crippen LogP contribution < -0.4 is 0 Å². The number of rotatable bonds is 3. The van der Waals surface area contributed by atoms with Gasteiger partial charge < -0.3 is 4.79 Å². The number of fused-ring (bicyclic) bond motifs is 5. The third kappa shape index (κ3) is 2.84. The van der Waals surface area contributed by atoms with Crippen LogP contribution in [0.25, 0.3) is 10.9 Å². The fraction of sp³-hybridized carbons (Fsp3) is 0.318. The Kier molecular flexibility index (Phi) is 4.53. The van der Waals surface area contributed by atoms with Crippen LogP contribution in [0.3, 0.4) is 0 Å². The molecule has 5 rings (SSSR count). The van der Waals surface area contributed by atoms with Crippen LogP contribution in [0.15, 0.2) is 59.5 Å². The lowest BCUT2D eigenvalue weighted by atomic mass is 9.88. The molecule has 7 heteroatoms. The Morgan fingerprint density at radius 2 is 1.79 bits per heavy atom. The lowest BCUT2D eigenvalue weighted by Crippen LogP contribution is -2.40. The molecule has 29 heavy (non-hydrogen) atoms. The van der Waals surface area contributed by atoms with E-state index in [0.717, 1.165) is 23.7 Å². The van der Waals surface area contributed by atoms with Gasteiger partial charge in [-0.05, 0) is 43.0 Å². The fourth-order valence-corrected chi connectivity index (χ4v) is 6.28. The summed E-state index contributed by atoms with van der Waals surface area (Å²) in [6.45, 7) is 1.18. The van der Waals surface area contributed by atoms with E-state index >= 15 is 0 Å². The summed E-state index contributed by atoms with van der Waals surface area (Å²) in [7, 11) is -3.84. The molecule has 0 amide bonds. The Bertz CT molecular complexity index is 1170. The van der Waals surface area contributed by atoms with Crippen molar-refractivity contribution in [2.75, 3.05) is 13.2 Å². The first kappa shape index (κ1) is 18.5. The van der Waals surface area contributed by atoms with Gasteiger partial charge in [-0.2, -0.15) is 5.06 Å². The third-order valence-electron chi connectivity index (χ3n) is 5.95. The summed E-state index contributed by atoms with van der Waals surface area (Å²) in [6, 6.07) is 15.6. The number of nitrogens with zero attached hydrogens (tertiary/aromatic N) is 2. The number of hydrogen-bond acceptors (Lipinski definition) is 5. The van der Waals surface area contributed by atoms with Crippen LogP contribution in [-0.4, -0.2) is 36.9 Å². The second kappa shape index (κ2) is 7.09. The van der Waals surface area contributed by atoms with E-state index in [1.165, 1.54) is 3.97 Å². The Hall–Kier alpha value is -2.48. The van der Waals surface area contributed by atoms with Gasteiger partial charge in [0.15, 0.2) is 0 Å². The summed E-state index contributed by atoms with van der Waals surface area (Å²) in [5, 5.41) is 2.75. The van der Waals surface area contributed by atoms with Gasteiger partial charge >= 0.3 is 0 Å². The van der Waals surface area contributed by atoms with E-state index in [1.807, 2.05) is 29.3 Å². The number of aromatic nitrogens is 1. The topological polar surface area (TPSA) is 68.6 Å². The van der Waals surface area contributed by atoms with Gasteiger partial charge in [0, 0.05) is 17.8 Å². The van der Waals surface area contributed by atoms with Crippen molar-refractivity contribution in [3.05, 3.63) is 65.9 Å². The van der Waals surface area contributed by atoms with Crippen molar-refractivity contribution >= 4 is 27.2 Å². The molecule has 0 unspecified atom stereocenters. The number of aldehydes is 1. The van der Waals surface area contributed by atoms with Gasteiger partial charge in [-0.25, -0.2) is 12.4 Å². The van der Waals surface area contributed by atoms with Crippen LogP contribution in [0.1, 0.15) is 30.1 Å². The van der Waals surface area contributed by atoms with Crippen molar-refractivity contribution in [2.45, 2.75) is 30.2 Å². The molecule has 0 saturated carbocycles. The Morgan fingerprint density at radius 3 is 2.59 bits per heavy atom. The number of carbonyl (C=O) groups is 1. The molecular formula is C22H22N2O4S. The quantitative estimate of drug-likeness (QED) is 0.620. The Morgan fingerprint density at radius 1 is 1.03 bits per heavy atom. The highest BCUT2D eigenvalue weighted by Gasteiger charge is 2.42. The van der Waals surface area contributed by atoms with Crippen molar-refractivity contribution in [1.29, 1.82) is 0 Å². The molecule has 2 aromatic carbocycles. The van der Waals surface area contributed by atoms with Crippen LogP contribution in [0.4, 0.5) is 0 Å². The largest absolute Gasteiger partial charge is 0.303 e. The number of benzene rings is 2. The van der Waals surface area contributed by atoms with E-state index in [0.29, 0.717) is 37.2 Å². The summed E-state index contributed by atoms with van der Waals surface area (Å²) >= 11 is 0. The minimum absolute atomic E-state index is 0.234. The molecule has 3 heterocycles. The first-order valence-electron chi connectivity index (χ1n) is 9.90. The van der Waals surface area contributed by atoms with Crippen LogP contribution in [-0.2, 0) is 26.1 Å². The van der Waals surface area contributed by atoms with Crippen molar-refractivity contribution in [2.24, 2.45) is 5.92 Å². The zero-order valence-electron chi connectivity index (χ0n) is 15.9. The summed E-state index contributed by atoms with van der Waals surface area (Å²) in [5.41, 5.74) is 2.32. The van der Waals surface area contributed by atoms with Gasteiger partial charge in [0.25, 0.3) is 10.0 Å². The van der Waals surface area contributed by atoms with Gasteiger partial charge in [-0.3, -0.25) is 4.84 Å². The van der Waals surface area contributed by atoms with E-state index in [-0.39, 0.29) is 10.8 Å². The zero-order chi connectivity index (χ0) is 20.0. The summed E-state index contributed by atoms with van der Waals surface area (Å²) in [5.74, 6) is -0.314. The van der Waals surface area contributed by atoms with Crippen LogP contribution in [0.5, 0.6) is 0 Å². The first-order valence-corrected chi connectivity index (χ1v) is 11.3. The third-order valence-corrected chi connectivity index (χ3v) is 7.69. The molecule has 0 bridgehead atoms. The normalized spacial score (nSPS) is 22.6. The molecule has 2 atom stereocenters. The molecule has 150 valence electrons. The first-order chi connectivity index (χ1) is 14.1. The van der Waals surface area contributed by atoms with Crippen LogP contribution in [0.2, 0.25) is 0 Å². The van der Waals surface area contributed by atoms with E-state index in [4.69, 9.17) is 4.84 Å². The maximum atomic E-state index is 13.8. The lowest BCUT2D eigenvalue weighted by Gasteiger charge is -2.36. The van der Waals surface area contributed by atoms with Crippen molar-refractivity contribution < 1.29 is 18.0 Å². The lowest BCUT2D eigenvalue weighted by molar-refractivity contribution is -0.192. The van der Waals surface area contributed by atoms with Crippen molar-refractivity contribution in [1.82, 2.24) is 9.04 Å². The Balaban J connectivity index is 1.84. The maximum Gasteiger partial charge on any atom is 0.268 e. The second-order valence-electron chi connectivity index (χ2n) is 7.57. The smallest absolute Gasteiger partial charge is 0.268 e. The molecule has 1 aromatic heterocycles. The van der Waals surface area contributed by atoms with Gasteiger partial charge in [0.2, 0.25) is 0 Å². The summed E-state index contributed by atoms with van der Waals surface area (Å²) < 4.78 is 29.0. The standard InChI is InChI=1S/C22H22N2O4S/c25-15-16-7-6-14-28-23-13-12-19-18-10-4-5-11-20(18)24(22(19)21(16)23)29(26,27)17-8-2-1-3-9-17/h1-5,8-11,15-16,21H,6-7,12-14H2/t16-,21-/m0/s1. The Labute approximate surface area is 169 Å². The van der Waals surface area contributed by atoms with E-state index < -0.39 is 16.1 Å². The van der Waals surface area contributed by atoms with Gasteiger partial charge in [-0.15, -0.1) is 0 Å². The molecule has 0 N–H and O–H groups in total. The van der Waals surface area contributed by atoms with Gasteiger partial charge in [-0.1, -0.05) is 36.4 Å². The predicted molar refractivity (Wildman–Crippen MR) is 109 cm³/mol. The molecule has 1 saturated heterocycles. The average Bonchev–Trinajstić information content (AvgIpc) is 2.95.